The average molecular weight is 601 g/mol. The lowest BCUT2D eigenvalue weighted by atomic mass is 10.0. The van der Waals surface area contributed by atoms with Gasteiger partial charge in [-0.2, -0.15) is 0 Å². The average Bonchev–Trinajstić information content (AvgIpc) is 3.82. The second kappa shape index (κ2) is 10.1. The number of rotatable bonds is 4. The molecule has 0 amide bonds. The zero-order chi connectivity index (χ0) is 30.9. The lowest BCUT2D eigenvalue weighted by Gasteiger charge is -2.18. The van der Waals surface area contributed by atoms with Crippen LogP contribution in [0, 0.1) is 0 Å². The highest BCUT2D eigenvalue weighted by atomic mass is 15.1. The van der Waals surface area contributed by atoms with Crippen molar-refractivity contribution in [2.45, 2.75) is 0 Å². The summed E-state index contributed by atoms with van der Waals surface area (Å²) in [6.07, 6.45) is 1.94. The molecule has 0 aliphatic rings. The topological polar surface area (TPSA) is 27.7 Å². The zero-order valence-electron chi connectivity index (χ0n) is 25.5. The van der Waals surface area contributed by atoms with Gasteiger partial charge < -0.3 is 9.13 Å². The first-order valence-electron chi connectivity index (χ1n) is 16.0. The summed E-state index contributed by atoms with van der Waals surface area (Å²) < 4.78 is 7.04. The Kier molecular flexibility index (Phi) is 5.54. The number of fused-ring (bicyclic) bond motifs is 7. The molecule has 0 bridgehead atoms. The molecular weight excluding hydrogens is 573 g/mol. The smallest absolute Gasteiger partial charge is 0.100 e. The molecule has 3 aromatic heterocycles. The maximum atomic E-state index is 4.74. The number of para-hydroxylation sites is 7. The Morgan fingerprint density at radius 2 is 0.809 bits per heavy atom. The summed E-state index contributed by atoms with van der Waals surface area (Å²) >= 11 is 0. The summed E-state index contributed by atoms with van der Waals surface area (Å²) in [5.74, 6) is 0. The second-order valence-electron chi connectivity index (χ2n) is 12.1. The van der Waals surface area contributed by atoms with E-state index in [0.717, 1.165) is 39.2 Å². The van der Waals surface area contributed by atoms with Crippen molar-refractivity contribution in [3.8, 4) is 28.2 Å². The zero-order valence-corrected chi connectivity index (χ0v) is 25.5. The Balaban J connectivity index is 1.32. The molecule has 4 nitrogen and oxygen atoms in total. The van der Waals surface area contributed by atoms with Crippen LogP contribution >= 0.6 is 0 Å². The van der Waals surface area contributed by atoms with Crippen LogP contribution in [0.25, 0.3) is 82.8 Å². The highest BCUT2D eigenvalue weighted by Gasteiger charge is 2.18. The van der Waals surface area contributed by atoms with Gasteiger partial charge in [0, 0.05) is 38.5 Å². The standard InChI is InChI=1S/C43H28N4/c1-7-19-38(45-28-44-37-18-6-12-24-43(37)45)32(13-1)29-25-30(46-39-20-8-2-14-33(39)34-15-3-9-21-40(34)46)27-31(26-29)47-41-22-10-4-16-35(41)36-17-5-11-23-42(36)47/h1-28H. The van der Waals surface area contributed by atoms with Crippen molar-refractivity contribution in [1.29, 1.82) is 0 Å². The molecule has 0 N–H and O–H groups in total. The summed E-state index contributed by atoms with van der Waals surface area (Å²) in [5.41, 5.74) is 12.4. The molecule has 0 saturated heterocycles. The van der Waals surface area contributed by atoms with Gasteiger partial charge in [0.1, 0.15) is 6.33 Å². The minimum Gasteiger partial charge on any atom is -0.309 e. The molecule has 47 heavy (non-hydrogen) atoms. The summed E-state index contributed by atoms with van der Waals surface area (Å²) in [6, 6.07) is 58.9. The Morgan fingerprint density at radius 1 is 0.383 bits per heavy atom. The number of hydrogen-bond donors (Lipinski definition) is 0. The van der Waals surface area contributed by atoms with Gasteiger partial charge >= 0.3 is 0 Å². The van der Waals surface area contributed by atoms with Crippen LogP contribution in [0.15, 0.2) is 170 Å². The predicted molar refractivity (Wildman–Crippen MR) is 195 cm³/mol. The third-order valence-corrected chi connectivity index (χ3v) is 9.51. The van der Waals surface area contributed by atoms with Gasteiger partial charge in [-0.1, -0.05) is 103 Å². The van der Waals surface area contributed by atoms with Crippen molar-refractivity contribution in [3.05, 3.63) is 170 Å². The molecule has 0 spiro atoms. The van der Waals surface area contributed by atoms with Gasteiger partial charge in [-0.3, -0.25) is 4.57 Å². The lowest BCUT2D eigenvalue weighted by molar-refractivity contribution is 1.09. The molecule has 10 aromatic rings. The minimum atomic E-state index is 0.979. The number of imidazole rings is 1. The summed E-state index contributed by atoms with van der Waals surface area (Å²) in [5, 5.41) is 4.99. The van der Waals surface area contributed by atoms with Crippen LogP contribution in [0.3, 0.4) is 0 Å². The summed E-state index contributed by atoms with van der Waals surface area (Å²) in [7, 11) is 0. The van der Waals surface area contributed by atoms with E-state index in [-0.39, 0.29) is 0 Å². The fraction of sp³-hybridized carbons (Fsp3) is 0. The highest BCUT2D eigenvalue weighted by molar-refractivity contribution is 6.10. The molecule has 0 radical (unpaired) electrons. The first-order chi connectivity index (χ1) is 23.3. The number of nitrogens with zero attached hydrogens (tertiary/aromatic N) is 4. The van der Waals surface area contributed by atoms with Gasteiger partial charge in [0.2, 0.25) is 0 Å². The largest absolute Gasteiger partial charge is 0.309 e. The van der Waals surface area contributed by atoms with Crippen molar-refractivity contribution in [3.63, 3.8) is 0 Å². The predicted octanol–water partition coefficient (Wildman–Crippen LogP) is 10.9. The number of benzene rings is 7. The Hall–Kier alpha value is -6.39. The van der Waals surface area contributed by atoms with Crippen molar-refractivity contribution in [2.24, 2.45) is 0 Å². The summed E-state index contributed by atoms with van der Waals surface area (Å²) in [6.45, 7) is 0. The van der Waals surface area contributed by atoms with Crippen molar-refractivity contribution in [2.75, 3.05) is 0 Å². The van der Waals surface area contributed by atoms with Crippen LogP contribution in [0.4, 0.5) is 0 Å². The van der Waals surface area contributed by atoms with E-state index in [1.54, 1.807) is 0 Å². The van der Waals surface area contributed by atoms with Crippen LogP contribution in [0.5, 0.6) is 0 Å². The molecule has 220 valence electrons. The Bertz CT molecular complexity index is 2570. The maximum absolute atomic E-state index is 4.74. The van der Waals surface area contributed by atoms with Crippen molar-refractivity contribution >= 4 is 54.6 Å². The van der Waals surface area contributed by atoms with E-state index in [0.29, 0.717) is 0 Å². The van der Waals surface area contributed by atoms with Crippen molar-refractivity contribution < 1.29 is 0 Å². The third-order valence-electron chi connectivity index (χ3n) is 9.51. The normalized spacial score (nSPS) is 11.8. The van der Waals surface area contributed by atoms with Gasteiger partial charge in [0.25, 0.3) is 0 Å². The number of aromatic nitrogens is 4. The van der Waals surface area contributed by atoms with E-state index in [1.807, 2.05) is 12.4 Å². The SMILES string of the molecule is c1ccc(-n2cnc3ccccc32)c(-c2cc(-n3c4ccccc4c4ccccc43)cc(-n3c4ccccc4c4ccccc43)c2)c1. The summed E-state index contributed by atoms with van der Waals surface area (Å²) in [4.78, 5) is 4.74. The van der Waals surface area contributed by atoms with E-state index < -0.39 is 0 Å². The Labute approximate surface area is 271 Å². The quantitative estimate of drug-likeness (QED) is 0.197. The fourth-order valence-electron chi connectivity index (χ4n) is 7.49. The van der Waals surface area contributed by atoms with Crippen LogP contribution in [0.1, 0.15) is 0 Å². The molecule has 0 unspecified atom stereocenters. The van der Waals surface area contributed by atoms with Crippen LogP contribution in [-0.4, -0.2) is 18.7 Å². The molecule has 4 heteroatoms. The van der Waals surface area contributed by atoms with E-state index in [9.17, 15) is 0 Å². The van der Waals surface area contributed by atoms with E-state index in [1.165, 1.54) is 43.6 Å². The molecule has 0 aliphatic heterocycles. The Morgan fingerprint density at radius 3 is 1.34 bits per heavy atom. The maximum Gasteiger partial charge on any atom is 0.100 e. The van der Waals surface area contributed by atoms with Gasteiger partial charge in [-0.05, 0) is 66.2 Å². The molecule has 0 aliphatic carbocycles. The monoisotopic (exact) mass is 600 g/mol. The van der Waals surface area contributed by atoms with Crippen molar-refractivity contribution in [1.82, 2.24) is 18.7 Å². The third kappa shape index (κ3) is 3.85. The van der Waals surface area contributed by atoms with E-state index in [4.69, 9.17) is 4.98 Å². The van der Waals surface area contributed by atoms with Gasteiger partial charge in [0.15, 0.2) is 0 Å². The fourth-order valence-corrected chi connectivity index (χ4v) is 7.49. The van der Waals surface area contributed by atoms with Gasteiger partial charge in [-0.15, -0.1) is 0 Å². The molecular formula is C43H28N4. The molecule has 10 rings (SSSR count). The molecule has 0 saturated carbocycles. The van der Waals surface area contributed by atoms with E-state index in [2.05, 4.69) is 171 Å². The highest BCUT2D eigenvalue weighted by Crippen LogP contribution is 2.39. The minimum absolute atomic E-state index is 0.979. The van der Waals surface area contributed by atoms with Crippen LogP contribution in [0.2, 0.25) is 0 Å². The first-order valence-corrected chi connectivity index (χ1v) is 16.0. The first kappa shape index (κ1) is 25.9. The van der Waals surface area contributed by atoms with Crippen LogP contribution in [-0.2, 0) is 0 Å². The molecule has 3 heterocycles. The lowest BCUT2D eigenvalue weighted by Crippen LogP contribution is -2.01. The second-order valence-corrected chi connectivity index (χ2v) is 12.1. The molecule has 0 fully saturated rings. The molecule has 7 aromatic carbocycles. The molecule has 0 atom stereocenters. The van der Waals surface area contributed by atoms with Gasteiger partial charge in [-0.25, -0.2) is 4.98 Å². The number of hydrogen-bond acceptors (Lipinski definition) is 1. The van der Waals surface area contributed by atoms with E-state index >= 15 is 0 Å². The van der Waals surface area contributed by atoms with Gasteiger partial charge in [0.05, 0.1) is 38.8 Å². The van der Waals surface area contributed by atoms with Crippen LogP contribution < -0.4 is 0 Å².